The highest BCUT2D eigenvalue weighted by Gasteiger charge is 2.37. The Balaban J connectivity index is 1.65. The average Bonchev–Trinajstić information content (AvgIpc) is 3.28. The maximum atomic E-state index is 12.6. The molecule has 0 spiro atoms. The molecule has 134 valence electrons. The zero-order valence-corrected chi connectivity index (χ0v) is 15.2. The minimum atomic E-state index is -0.603. The molecular weight excluding hydrogens is 350 g/mol. The van der Waals surface area contributed by atoms with Gasteiger partial charge in [0.2, 0.25) is 0 Å². The Morgan fingerprint density at radius 1 is 1.35 bits per heavy atom. The van der Waals surface area contributed by atoms with E-state index in [0.29, 0.717) is 30.3 Å². The lowest BCUT2D eigenvalue weighted by Crippen LogP contribution is -2.41. The van der Waals surface area contributed by atoms with Crippen LogP contribution in [0.3, 0.4) is 0 Å². The van der Waals surface area contributed by atoms with Crippen LogP contribution in [-0.2, 0) is 13.1 Å². The SMILES string of the molecule is Cc1ccc(NC(=O)N2CCn3c(c(C(N)=O)c(C#N)c3C3CC3)C2)s1. The summed E-state index contributed by atoms with van der Waals surface area (Å²) in [5, 5.41) is 13.3. The molecule has 0 radical (unpaired) electrons. The first-order valence-electron chi connectivity index (χ1n) is 8.57. The van der Waals surface area contributed by atoms with Gasteiger partial charge in [0.15, 0.2) is 0 Å². The number of nitrogens with zero attached hydrogens (tertiary/aromatic N) is 3. The number of nitriles is 1. The van der Waals surface area contributed by atoms with E-state index in [1.165, 1.54) is 11.3 Å². The Hall–Kier alpha value is -2.79. The molecule has 1 fully saturated rings. The number of nitrogens with one attached hydrogen (secondary N) is 1. The van der Waals surface area contributed by atoms with Crippen molar-refractivity contribution in [3.8, 4) is 6.07 Å². The molecule has 0 bridgehead atoms. The van der Waals surface area contributed by atoms with Crippen molar-refractivity contribution in [2.45, 2.75) is 38.8 Å². The van der Waals surface area contributed by atoms with Crippen molar-refractivity contribution in [3.63, 3.8) is 0 Å². The van der Waals surface area contributed by atoms with E-state index in [9.17, 15) is 14.9 Å². The topological polar surface area (TPSA) is 104 Å². The van der Waals surface area contributed by atoms with Gasteiger partial charge in [0.05, 0.1) is 28.4 Å². The first-order chi connectivity index (χ1) is 12.5. The molecule has 0 unspecified atom stereocenters. The molecule has 3 amide bonds. The number of hydrogen-bond donors (Lipinski definition) is 2. The van der Waals surface area contributed by atoms with Crippen molar-refractivity contribution < 1.29 is 9.59 Å². The predicted molar refractivity (Wildman–Crippen MR) is 98.1 cm³/mol. The zero-order chi connectivity index (χ0) is 18.4. The first-order valence-corrected chi connectivity index (χ1v) is 9.38. The summed E-state index contributed by atoms with van der Waals surface area (Å²) in [6.07, 6.45) is 2.05. The molecule has 1 saturated carbocycles. The summed E-state index contributed by atoms with van der Waals surface area (Å²) >= 11 is 1.52. The number of thiophene rings is 1. The van der Waals surface area contributed by atoms with Crippen LogP contribution < -0.4 is 11.1 Å². The molecule has 2 aromatic heterocycles. The Bertz CT molecular complexity index is 948. The Kier molecular flexibility index (Phi) is 3.96. The highest BCUT2D eigenvalue weighted by molar-refractivity contribution is 7.16. The molecule has 2 aromatic rings. The zero-order valence-electron chi connectivity index (χ0n) is 14.4. The third-order valence-electron chi connectivity index (χ3n) is 4.93. The van der Waals surface area contributed by atoms with Crippen molar-refractivity contribution in [1.29, 1.82) is 5.26 Å². The second kappa shape index (κ2) is 6.18. The first kappa shape index (κ1) is 16.7. The van der Waals surface area contributed by atoms with E-state index in [0.717, 1.165) is 28.4 Å². The molecule has 3 N–H and O–H groups in total. The quantitative estimate of drug-likeness (QED) is 0.869. The molecule has 0 atom stereocenters. The van der Waals surface area contributed by atoms with Crippen LogP contribution in [0.4, 0.5) is 9.80 Å². The van der Waals surface area contributed by atoms with Gasteiger partial charge in [0.1, 0.15) is 6.07 Å². The highest BCUT2D eigenvalue weighted by Crippen LogP contribution is 2.44. The smallest absolute Gasteiger partial charge is 0.322 e. The standard InChI is InChI=1S/C18H19N5O2S/c1-10-2-5-14(26-10)21-18(25)22-6-7-23-13(9-22)15(17(20)24)12(8-19)16(23)11-3-4-11/h2,5,11H,3-4,6-7,9H2,1H3,(H2,20,24)(H,21,25). The normalized spacial score (nSPS) is 16.1. The number of aromatic nitrogens is 1. The number of anilines is 1. The van der Waals surface area contributed by atoms with Crippen molar-refractivity contribution in [2.24, 2.45) is 5.73 Å². The Morgan fingerprint density at radius 2 is 2.12 bits per heavy atom. The van der Waals surface area contributed by atoms with Crippen molar-refractivity contribution in [2.75, 3.05) is 11.9 Å². The van der Waals surface area contributed by atoms with Crippen LogP contribution in [0, 0.1) is 18.3 Å². The van der Waals surface area contributed by atoms with E-state index in [1.807, 2.05) is 23.6 Å². The van der Waals surface area contributed by atoms with E-state index in [4.69, 9.17) is 5.73 Å². The van der Waals surface area contributed by atoms with Gasteiger partial charge < -0.3 is 15.2 Å². The molecule has 26 heavy (non-hydrogen) atoms. The lowest BCUT2D eigenvalue weighted by Gasteiger charge is -2.30. The molecule has 1 aliphatic heterocycles. The fourth-order valence-corrected chi connectivity index (χ4v) is 4.36. The number of nitrogens with two attached hydrogens (primary N) is 1. The average molecular weight is 369 g/mol. The van der Waals surface area contributed by atoms with Crippen LogP contribution in [0.25, 0.3) is 0 Å². The van der Waals surface area contributed by atoms with Crippen LogP contribution in [0.2, 0.25) is 0 Å². The van der Waals surface area contributed by atoms with Crippen LogP contribution in [0.1, 0.15) is 50.9 Å². The molecule has 2 aliphatic rings. The number of amides is 3. The molecule has 4 rings (SSSR count). The molecule has 0 saturated heterocycles. The predicted octanol–water partition coefficient (Wildman–Crippen LogP) is 2.75. The van der Waals surface area contributed by atoms with E-state index in [-0.39, 0.29) is 18.1 Å². The van der Waals surface area contributed by atoms with E-state index >= 15 is 0 Å². The van der Waals surface area contributed by atoms with Gasteiger partial charge in [-0.2, -0.15) is 5.26 Å². The fourth-order valence-electron chi connectivity index (χ4n) is 3.61. The number of hydrogen-bond acceptors (Lipinski definition) is 4. The van der Waals surface area contributed by atoms with Gasteiger partial charge in [0, 0.05) is 29.6 Å². The van der Waals surface area contributed by atoms with E-state index in [1.54, 1.807) is 4.90 Å². The maximum absolute atomic E-state index is 12.6. The maximum Gasteiger partial charge on any atom is 0.322 e. The lowest BCUT2D eigenvalue weighted by atomic mass is 10.1. The highest BCUT2D eigenvalue weighted by atomic mass is 32.1. The second-order valence-corrected chi connectivity index (χ2v) is 8.03. The fraction of sp³-hybridized carbons (Fsp3) is 0.389. The van der Waals surface area contributed by atoms with Gasteiger partial charge in [-0.1, -0.05) is 0 Å². The summed E-state index contributed by atoms with van der Waals surface area (Å²) in [4.78, 5) is 27.4. The molecule has 3 heterocycles. The van der Waals surface area contributed by atoms with Gasteiger partial charge >= 0.3 is 6.03 Å². The summed E-state index contributed by atoms with van der Waals surface area (Å²) in [7, 11) is 0. The second-order valence-electron chi connectivity index (χ2n) is 6.75. The van der Waals surface area contributed by atoms with Crippen molar-refractivity contribution >= 4 is 28.3 Å². The summed E-state index contributed by atoms with van der Waals surface area (Å²) in [5.41, 5.74) is 7.85. The monoisotopic (exact) mass is 369 g/mol. The van der Waals surface area contributed by atoms with Crippen molar-refractivity contribution in [1.82, 2.24) is 9.47 Å². The number of urea groups is 1. The lowest BCUT2D eigenvalue weighted by molar-refractivity contribution is 0.0997. The van der Waals surface area contributed by atoms with Gasteiger partial charge in [-0.05, 0) is 31.9 Å². The third kappa shape index (κ3) is 2.74. The number of fused-ring (bicyclic) bond motifs is 1. The molecule has 1 aliphatic carbocycles. The van der Waals surface area contributed by atoms with Crippen LogP contribution in [-0.4, -0.2) is 28.0 Å². The number of carbonyl (C=O) groups is 2. The summed E-state index contributed by atoms with van der Waals surface area (Å²) in [5.74, 6) is -0.278. The number of carbonyl (C=O) groups excluding carboxylic acids is 2. The van der Waals surface area contributed by atoms with Crippen LogP contribution in [0.15, 0.2) is 12.1 Å². The molecule has 7 nitrogen and oxygen atoms in total. The van der Waals surface area contributed by atoms with Gasteiger partial charge in [-0.25, -0.2) is 4.79 Å². The molecule has 0 aromatic carbocycles. The minimum absolute atomic E-state index is 0.207. The van der Waals surface area contributed by atoms with Gasteiger partial charge in [-0.3, -0.25) is 10.1 Å². The summed E-state index contributed by atoms with van der Waals surface area (Å²) in [6.45, 7) is 3.35. The number of aryl methyl sites for hydroxylation is 1. The number of primary amides is 1. The van der Waals surface area contributed by atoms with E-state index < -0.39 is 5.91 Å². The van der Waals surface area contributed by atoms with Gasteiger partial charge in [-0.15, -0.1) is 11.3 Å². The molecule has 8 heteroatoms. The minimum Gasteiger partial charge on any atom is -0.366 e. The number of rotatable bonds is 3. The third-order valence-corrected chi connectivity index (χ3v) is 5.84. The van der Waals surface area contributed by atoms with E-state index in [2.05, 4.69) is 11.4 Å². The van der Waals surface area contributed by atoms with Crippen LogP contribution in [0.5, 0.6) is 0 Å². The van der Waals surface area contributed by atoms with Crippen LogP contribution >= 0.6 is 11.3 Å². The largest absolute Gasteiger partial charge is 0.366 e. The summed E-state index contributed by atoms with van der Waals surface area (Å²) < 4.78 is 2.04. The Labute approximate surface area is 155 Å². The Morgan fingerprint density at radius 3 is 2.69 bits per heavy atom. The van der Waals surface area contributed by atoms with Crippen molar-refractivity contribution in [3.05, 3.63) is 39.5 Å². The molecular formula is C18H19N5O2S. The van der Waals surface area contributed by atoms with Gasteiger partial charge in [0.25, 0.3) is 5.91 Å². The summed E-state index contributed by atoms with van der Waals surface area (Å²) in [6, 6.07) is 5.79.